The standard InChI is InChI=1S/C11H8N4O2S/c1-15-8-3-2-6(11(16)17)4-7(8)13-10(15)9-5-12-14-18-9/h2-5H,1H3,(H,16,17). The highest BCUT2D eigenvalue weighted by Crippen LogP contribution is 2.25. The van der Waals surface area contributed by atoms with Crippen molar-refractivity contribution in [1.29, 1.82) is 0 Å². The number of rotatable bonds is 2. The summed E-state index contributed by atoms with van der Waals surface area (Å²) in [6.07, 6.45) is 1.64. The number of fused-ring (bicyclic) bond motifs is 1. The molecule has 18 heavy (non-hydrogen) atoms. The van der Waals surface area contributed by atoms with Crippen molar-refractivity contribution >= 4 is 28.5 Å². The van der Waals surface area contributed by atoms with Crippen LogP contribution in [0.1, 0.15) is 10.4 Å². The minimum absolute atomic E-state index is 0.231. The van der Waals surface area contributed by atoms with Crippen LogP contribution in [0.3, 0.4) is 0 Å². The first-order valence-corrected chi connectivity index (χ1v) is 5.91. The first kappa shape index (κ1) is 10.8. The lowest BCUT2D eigenvalue weighted by Crippen LogP contribution is -1.95. The Kier molecular flexibility index (Phi) is 2.34. The molecule has 2 heterocycles. The van der Waals surface area contributed by atoms with E-state index in [1.165, 1.54) is 11.5 Å². The van der Waals surface area contributed by atoms with E-state index >= 15 is 0 Å². The first-order chi connectivity index (χ1) is 8.66. The van der Waals surface area contributed by atoms with Gasteiger partial charge in [0.05, 0.1) is 22.8 Å². The molecule has 0 fully saturated rings. The van der Waals surface area contributed by atoms with Gasteiger partial charge in [-0.05, 0) is 29.7 Å². The molecule has 0 saturated heterocycles. The Morgan fingerprint density at radius 2 is 2.28 bits per heavy atom. The number of benzene rings is 1. The number of hydrogen-bond acceptors (Lipinski definition) is 5. The van der Waals surface area contributed by atoms with E-state index in [2.05, 4.69) is 14.6 Å². The third kappa shape index (κ3) is 1.56. The van der Waals surface area contributed by atoms with Gasteiger partial charge in [0, 0.05) is 7.05 Å². The number of carboxylic acids is 1. The van der Waals surface area contributed by atoms with Gasteiger partial charge in [-0.1, -0.05) is 4.49 Å². The van der Waals surface area contributed by atoms with Crippen LogP contribution in [0.2, 0.25) is 0 Å². The van der Waals surface area contributed by atoms with Gasteiger partial charge >= 0.3 is 5.97 Å². The molecule has 0 amide bonds. The minimum Gasteiger partial charge on any atom is -0.478 e. The normalized spacial score (nSPS) is 10.9. The zero-order chi connectivity index (χ0) is 12.7. The van der Waals surface area contributed by atoms with Crippen LogP contribution in [0.25, 0.3) is 21.7 Å². The molecule has 3 aromatic rings. The average Bonchev–Trinajstić information content (AvgIpc) is 2.97. The molecule has 0 unspecified atom stereocenters. The summed E-state index contributed by atoms with van der Waals surface area (Å²) >= 11 is 1.26. The second-order valence-electron chi connectivity index (χ2n) is 3.78. The minimum atomic E-state index is -0.955. The summed E-state index contributed by atoms with van der Waals surface area (Å²) in [6, 6.07) is 4.89. The summed E-state index contributed by atoms with van der Waals surface area (Å²) in [5.74, 6) is -0.217. The molecule has 7 heteroatoms. The summed E-state index contributed by atoms with van der Waals surface area (Å²) < 4.78 is 5.70. The highest BCUT2D eigenvalue weighted by molar-refractivity contribution is 7.09. The van der Waals surface area contributed by atoms with E-state index in [0.717, 1.165) is 16.2 Å². The molecule has 6 nitrogen and oxygen atoms in total. The molecule has 90 valence electrons. The molecule has 0 spiro atoms. The molecule has 0 saturated carbocycles. The Balaban J connectivity index is 2.25. The SMILES string of the molecule is Cn1c(-c2cnns2)nc2cc(C(=O)O)ccc21. The third-order valence-electron chi connectivity index (χ3n) is 2.71. The zero-order valence-corrected chi connectivity index (χ0v) is 10.2. The van der Waals surface area contributed by atoms with Crippen molar-refractivity contribution in [2.24, 2.45) is 7.05 Å². The van der Waals surface area contributed by atoms with E-state index in [9.17, 15) is 4.79 Å². The van der Waals surface area contributed by atoms with Crippen LogP contribution in [0, 0.1) is 0 Å². The summed E-state index contributed by atoms with van der Waals surface area (Å²) in [5.41, 5.74) is 1.76. The summed E-state index contributed by atoms with van der Waals surface area (Å²) in [6.45, 7) is 0. The van der Waals surface area contributed by atoms with Gasteiger partial charge in [0.1, 0.15) is 4.88 Å². The van der Waals surface area contributed by atoms with Gasteiger partial charge in [0.2, 0.25) is 0 Å². The van der Waals surface area contributed by atoms with Crippen molar-refractivity contribution in [2.75, 3.05) is 0 Å². The molecule has 0 aliphatic rings. The lowest BCUT2D eigenvalue weighted by Gasteiger charge is -1.98. The maximum Gasteiger partial charge on any atom is 0.335 e. The summed E-state index contributed by atoms with van der Waals surface area (Å²) in [7, 11) is 1.88. The number of carboxylic acid groups (broad SMARTS) is 1. The Bertz CT molecular complexity index is 733. The maximum absolute atomic E-state index is 10.9. The Morgan fingerprint density at radius 3 is 2.94 bits per heavy atom. The highest BCUT2D eigenvalue weighted by Gasteiger charge is 2.13. The molecule has 0 atom stereocenters. The monoisotopic (exact) mass is 260 g/mol. The van der Waals surface area contributed by atoms with E-state index in [0.29, 0.717) is 5.52 Å². The third-order valence-corrected chi connectivity index (χ3v) is 3.37. The fourth-order valence-electron chi connectivity index (χ4n) is 1.82. The van der Waals surface area contributed by atoms with Crippen molar-refractivity contribution < 1.29 is 9.90 Å². The van der Waals surface area contributed by atoms with Crippen molar-refractivity contribution in [3.63, 3.8) is 0 Å². The second-order valence-corrected chi connectivity index (χ2v) is 4.57. The fraction of sp³-hybridized carbons (Fsp3) is 0.0909. The van der Waals surface area contributed by atoms with E-state index in [1.807, 2.05) is 11.6 Å². The highest BCUT2D eigenvalue weighted by atomic mass is 32.1. The van der Waals surface area contributed by atoms with Gasteiger partial charge in [-0.15, -0.1) is 5.10 Å². The number of aryl methyl sites for hydroxylation is 1. The Labute approximate surface area is 106 Å². The second kappa shape index (κ2) is 3.88. The predicted octanol–water partition coefficient (Wildman–Crippen LogP) is 1.79. The van der Waals surface area contributed by atoms with Crippen molar-refractivity contribution in [2.45, 2.75) is 0 Å². The molecule has 0 aliphatic carbocycles. The number of aromatic nitrogens is 4. The van der Waals surface area contributed by atoms with Gasteiger partial charge in [0.25, 0.3) is 0 Å². The van der Waals surface area contributed by atoms with Crippen LogP contribution < -0.4 is 0 Å². The topological polar surface area (TPSA) is 80.9 Å². The molecule has 0 aliphatic heterocycles. The number of imidazole rings is 1. The van der Waals surface area contributed by atoms with Crippen LogP contribution in [0.4, 0.5) is 0 Å². The van der Waals surface area contributed by atoms with Crippen molar-refractivity contribution in [3.05, 3.63) is 30.0 Å². The molecule has 3 rings (SSSR count). The number of hydrogen-bond donors (Lipinski definition) is 1. The van der Waals surface area contributed by atoms with E-state index < -0.39 is 5.97 Å². The van der Waals surface area contributed by atoms with Crippen LogP contribution in [0.5, 0.6) is 0 Å². The summed E-state index contributed by atoms with van der Waals surface area (Å²) in [5, 5.41) is 12.7. The van der Waals surface area contributed by atoms with Crippen LogP contribution in [0.15, 0.2) is 24.4 Å². The lowest BCUT2D eigenvalue weighted by atomic mass is 10.2. The Hall–Kier alpha value is -2.28. The number of aromatic carboxylic acids is 1. The lowest BCUT2D eigenvalue weighted by molar-refractivity contribution is 0.0697. The van der Waals surface area contributed by atoms with Crippen LogP contribution in [-0.4, -0.2) is 30.2 Å². The smallest absolute Gasteiger partial charge is 0.335 e. The van der Waals surface area contributed by atoms with Crippen LogP contribution in [-0.2, 0) is 7.05 Å². The predicted molar refractivity (Wildman–Crippen MR) is 66.6 cm³/mol. The van der Waals surface area contributed by atoms with Gasteiger partial charge in [-0.2, -0.15) is 0 Å². The molecular weight excluding hydrogens is 252 g/mol. The molecule has 1 aromatic carbocycles. The largest absolute Gasteiger partial charge is 0.478 e. The number of nitrogens with zero attached hydrogens (tertiary/aromatic N) is 4. The van der Waals surface area contributed by atoms with Gasteiger partial charge in [-0.3, -0.25) is 0 Å². The quantitative estimate of drug-likeness (QED) is 0.759. The van der Waals surface area contributed by atoms with E-state index in [4.69, 9.17) is 5.11 Å². The Morgan fingerprint density at radius 1 is 1.44 bits per heavy atom. The summed E-state index contributed by atoms with van der Waals surface area (Å²) in [4.78, 5) is 16.2. The average molecular weight is 260 g/mol. The van der Waals surface area contributed by atoms with E-state index in [-0.39, 0.29) is 5.56 Å². The van der Waals surface area contributed by atoms with Crippen molar-refractivity contribution in [1.82, 2.24) is 19.1 Å². The van der Waals surface area contributed by atoms with Gasteiger partial charge < -0.3 is 9.67 Å². The van der Waals surface area contributed by atoms with Crippen LogP contribution >= 0.6 is 11.5 Å². The fourth-order valence-corrected chi connectivity index (χ4v) is 2.36. The van der Waals surface area contributed by atoms with Crippen molar-refractivity contribution in [3.8, 4) is 10.7 Å². The molecule has 2 aromatic heterocycles. The molecule has 0 radical (unpaired) electrons. The zero-order valence-electron chi connectivity index (χ0n) is 9.36. The van der Waals surface area contributed by atoms with E-state index in [1.54, 1.807) is 24.4 Å². The van der Waals surface area contributed by atoms with Gasteiger partial charge in [-0.25, -0.2) is 9.78 Å². The molecule has 0 bridgehead atoms. The van der Waals surface area contributed by atoms with Gasteiger partial charge in [0.15, 0.2) is 5.82 Å². The first-order valence-electron chi connectivity index (χ1n) is 5.14. The maximum atomic E-state index is 10.9. The molecule has 1 N–H and O–H groups in total. The molecular formula is C11H8N4O2S. The number of carbonyl (C=O) groups is 1.